The van der Waals surface area contributed by atoms with Crippen molar-refractivity contribution in [1.29, 1.82) is 0 Å². The van der Waals surface area contributed by atoms with Crippen LogP contribution in [0, 0.1) is 0 Å². The minimum Gasteiger partial charge on any atom is -0.465 e. The maximum absolute atomic E-state index is 12.7. The van der Waals surface area contributed by atoms with E-state index in [0.29, 0.717) is 6.92 Å². The molecule has 1 aromatic rings. The van der Waals surface area contributed by atoms with Crippen LogP contribution in [0.1, 0.15) is 12.6 Å². The maximum atomic E-state index is 12.7. The number of aromatic nitrogens is 1. The molecule has 0 bridgehead atoms. The van der Waals surface area contributed by atoms with E-state index in [-0.39, 0.29) is 5.69 Å². The second-order valence-corrected chi connectivity index (χ2v) is 2.75. The van der Waals surface area contributed by atoms with E-state index in [1.807, 2.05) is 5.32 Å². The lowest BCUT2D eigenvalue weighted by Crippen LogP contribution is -2.12. The summed E-state index contributed by atoms with van der Waals surface area (Å²) in [6.07, 6.45) is -0.181. The van der Waals surface area contributed by atoms with E-state index in [1.165, 1.54) is 6.07 Å². The fourth-order valence-electron chi connectivity index (χ4n) is 0.872. The van der Waals surface area contributed by atoms with E-state index in [0.717, 1.165) is 12.3 Å². The maximum Gasteiger partial charge on any atom is 0.409 e. The zero-order valence-corrected chi connectivity index (χ0v) is 7.29. The van der Waals surface area contributed by atoms with Gasteiger partial charge in [-0.25, -0.2) is 4.79 Å². The van der Waals surface area contributed by atoms with Crippen LogP contribution in [0.15, 0.2) is 18.3 Å². The van der Waals surface area contributed by atoms with Crippen molar-refractivity contribution in [2.45, 2.75) is 12.8 Å². The Hall–Kier alpha value is -1.72. The number of amides is 1. The Balaban J connectivity index is 2.95. The fourth-order valence-corrected chi connectivity index (χ4v) is 0.872. The molecule has 0 radical (unpaired) electrons. The number of carbonyl (C=O) groups is 1. The smallest absolute Gasteiger partial charge is 0.409 e. The third-order valence-corrected chi connectivity index (χ3v) is 1.46. The molecular weight excluding hydrogens is 194 g/mol. The zero-order valence-electron chi connectivity index (χ0n) is 7.29. The predicted molar refractivity (Wildman–Crippen MR) is 45.5 cm³/mol. The highest BCUT2D eigenvalue weighted by molar-refractivity contribution is 5.82. The van der Waals surface area contributed by atoms with Crippen molar-refractivity contribution in [3.63, 3.8) is 0 Å². The van der Waals surface area contributed by atoms with E-state index in [1.54, 1.807) is 0 Å². The van der Waals surface area contributed by atoms with Gasteiger partial charge in [0.1, 0.15) is 5.69 Å². The highest BCUT2D eigenvalue weighted by atomic mass is 19.3. The first kappa shape index (κ1) is 10.4. The highest BCUT2D eigenvalue weighted by Gasteiger charge is 2.26. The molecular formula is C8H8F2N2O2. The van der Waals surface area contributed by atoms with Gasteiger partial charge < -0.3 is 5.11 Å². The van der Waals surface area contributed by atoms with Gasteiger partial charge in [0.2, 0.25) is 0 Å². The Labute approximate surface area is 78.6 Å². The van der Waals surface area contributed by atoms with Crippen LogP contribution in [-0.2, 0) is 5.92 Å². The molecule has 0 spiro atoms. The molecule has 0 aliphatic heterocycles. The highest BCUT2D eigenvalue weighted by Crippen LogP contribution is 2.26. The number of nitrogens with zero attached hydrogens (tertiary/aromatic N) is 1. The van der Waals surface area contributed by atoms with E-state index in [2.05, 4.69) is 4.98 Å². The predicted octanol–water partition coefficient (Wildman–Crippen LogP) is 2.28. The lowest BCUT2D eigenvalue weighted by Gasteiger charge is -2.10. The van der Waals surface area contributed by atoms with Gasteiger partial charge in [0.25, 0.3) is 5.92 Å². The summed E-state index contributed by atoms with van der Waals surface area (Å²) in [7, 11) is 0. The van der Waals surface area contributed by atoms with Crippen LogP contribution in [0.2, 0.25) is 0 Å². The SMILES string of the molecule is CC(F)(F)c1cc(NC(=O)O)ccn1. The van der Waals surface area contributed by atoms with Crippen molar-refractivity contribution in [3.8, 4) is 0 Å². The van der Waals surface area contributed by atoms with Gasteiger partial charge in [-0.3, -0.25) is 10.3 Å². The molecule has 1 heterocycles. The number of carboxylic acid groups (broad SMARTS) is 1. The van der Waals surface area contributed by atoms with Crippen LogP contribution in [0.25, 0.3) is 0 Å². The Bertz CT molecular complexity index is 349. The Morgan fingerprint density at radius 2 is 2.29 bits per heavy atom. The monoisotopic (exact) mass is 202 g/mol. The number of hydrogen-bond acceptors (Lipinski definition) is 2. The molecule has 1 aromatic heterocycles. The fraction of sp³-hybridized carbons (Fsp3) is 0.250. The van der Waals surface area contributed by atoms with Crippen LogP contribution >= 0.6 is 0 Å². The van der Waals surface area contributed by atoms with Crippen LogP contribution in [0.4, 0.5) is 19.3 Å². The van der Waals surface area contributed by atoms with Crippen LogP contribution in [-0.4, -0.2) is 16.2 Å². The lowest BCUT2D eigenvalue weighted by molar-refractivity contribution is 0.0128. The summed E-state index contributed by atoms with van der Waals surface area (Å²) in [5.41, 5.74) is -0.396. The molecule has 0 atom stereocenters. The minimum absolute atomic E-state index is 0.0732. The number of alkyl halides is 2. The molecule has 2 N–H and O–H groups in total. The molecule has 14 heavy (non-hydrogen) atoms. The van der Waals surface area contributed by atoms with E-state index >= 15 is 0 Å². The number of anilines is 1. The van der Waals surface area contributed by atoms with Gasteiger partial charge in [-0.15, -0.1) is 0 Å². The first-order valence-electron chi connectivity index (χ1n) is 3.74. The molecule has 0 saturated carbocycles. The van der Waals surface area contributed by atoms with E-state index in [9.17, 15) is 13.6 Å². The van der Waals surface area contributed by atoms with E-state index < -0.39 is 17.7 Å². The van der Waals surface area contributed by atoms with E-state index in [4.69, 9.17) is 5.11 Å². The molecule has 0 aliphatic carbocycles. The molecule has 76 valence electrons. The van der Waals surface area contributed by atoms with Crippen molar-refractivity contribution in [1.82, 2.24) is 4.98 Å². The molecule has 0 saturated heterocycles. The third-order valence-electron chi connectivity index (χ3n) is 1.46. The number of hydrogen-bond donors (Lipinski definition) is 2. The number of pyridine rings is 1. The van der Waals surface area contributed by atoms with Crippen LogP contribution in [0.3, 0.4) is 0 Å². The average Bonchev–Trinajstić information content (AvgIpc) is 2.01. The molecule has 0 fully saturated rings. The van der Waals surface area contributed by atoms with Crippen LogP contribution in [0.5, 0.6) is 0 Å². The number of halogens is 2. The lowest BCUT2D eigenvalue weighted by atomic mass is 10.2. The Kier molecular flexibility index (Phi) is 2.64. The molecule has 6 heteroatoms. The molecule has 0 aromatic carbocycles. The first-order chi connectivity index (χ1) is 6.39. The second-order valence-electron chi connectivity index (χ2n) is 2.75. The largest absolute Gasteiger partial charge is 0.465 e. The van der Waals surface area contributed by atoms with Gasteiger partial charge >= 0.3 is 6.09 Å². The second kappa shape index (κ2) is 3.57. The van der Waals surface area contributed by atoms with Crippen molar-refractivity contribution in [2.75, 3.05) is 5.32 Å². The van der Waals surface area contributed by atoms with Gasteiger partial charge in [-0.05, 0) is 12.1 Å². The molecule has 0 aliphatic rings. The van der Waals surface area contributed by atoms with Gasteiger partial charge in [0, 0.05) is 18.8 Å². The van der Waals surface area contributed by atoms with Crippen molar-refractivity contribution < 1.29 is 18.7 Å². The summed E-state index contributed by atoms with van der Waals surface area (Å²) in [6, 6.07) is 2.29. The summed E-state index contributed by atoms with van der Waals surface area (Å²) in [5.74, 6) is -3.07. The normalized spacial score (nSPS) is 11.1. The zero-order chi connectivity index (χ0) is 10.8. The van der Waals surface area contributed by atoms with Crippen LogP contribution < -0.4 is 5.32 Å². The van der Waals surface area contributed by atoms with Crippen molar-refractivity contribution in [2.24, 2.45) is 0 Å². The molecule has 4 nitrogen and oxygen atoms in total. The van der Waals surface area contributed by atoms with Crippen molar-refractivity contribution in [3.05, 3.63) is 24.0 Å². The summed E-state index contributed by atoms with van der Waals surface area (Å²) >= 11 is 0. The summed E-state index contributed by atoms with van der Waals surface area (Å²) in [4.78, 5) is 13.6. The van der Waals surface area contributed by atoms with Gasteiger partial charge in [0.15, 0.2) is 0 Å². The van der Waals surface area contributed by atoms with Gasteiger partial charge in [-0.2, -0.15) is 8.78 Å². The average molecular weight is 202 g/mol. The summed E-state index contributed by atoms with van der Waals surface area (Å²) in [6.45, 7) is 0.694. The number of rotatable bonds is 2. The van der Waals surface area contributed by atoms with Gasteiger partial charge in [0.05, 0.1) is 0 Å². The Morgan fingerprint density at radius 1 is 1.64 bits per heavy atom. The number of nitrogens with one attached hydrogen (secondary N) is 1. The third kappa shape index (κ3) is 2.65. The topological polar surface area (TPSA) is 62.2 Å². The van der Waals surface area contributed by atoms with Crippen molar-refractivity contribution >= 4 is 11.8 Å². The van der Waals surface area contributed by atoms with Gasteiger partial charge in [-0.1, -0.05) is 0 Å². The summed E-state index contributed by atoms with van der Waals surface area (Å²) in [5, 5.41) is 10.3. The standard InChI is InChI=1S/C8H8F2N2O2/c1-8(9,10)6-4-5(2-3-11-6)12-7(13)14/h2-4H,1H3,(H,11,12)(H,13,14). The first-order valence-corrected chi connectivity index (χ1v) is 3.74. The minimum atomic E-state index is -3.07. The Morgan fingerprint density at radius 3 is 2.79 bits per heavy atom. The molecule has 0 unspecified atom stereocenters. The summed E-state index contributed by atoms with van der Waals surface area (Å²) < 4.78 is 25.5. The molecule has 1 rings (SSSR count). The quantitative estimate of drug-likeness (QED) is 0.773. The molecule has 1 amide bonds.